The smallest absolute Gasteiger partial charge is 0.167 e. The fourth-order valence-corrected chi connectivity index (χ4v) is 4.07. The van der Waals surface area contributed by atoms with Crippen LogP contribution in [0.25, 0.3) is 10.9 Å². The second-order valence-electron chi connectivity index (χ2n) is 7.55. The summed E-state index contributed by atoms with van der Waals surface area (Å²) in [5, 5.41) is 4.97. The largest absolute Gasteiger partial charge is 0.484 e. The van der Waals surface area contributed by atoms with Gasteiger partial charge in [0.1, 0.15) is 17.7 Å². The molecule has 0 spiro atoms. The summed E-state index contributed by atoms with van der Waals surface area (Å²) in [6.45, 7) is 3.19. The molecule has 0 radical (unpaired) electrons. The van der Waals surface area contributed by atoms with Crippen molar-refractivity contribution in [1.82, 2.24) is 9.97 Å². The van der Waals surface area contributed by atoms with Gasteiger partial charge in [0.2, 0.25) is 0 Å². The Hall–Kier alpha value is -3.32. The van der Waals surface area contributed by atoms with Gasteiger partial charge in [0, 0.05) is 46.3 Å². The molecule has 1 saturated heterocycles. The lowest BCUT2D eigenvalue weighted by Crippen LogP contribution is -2.54. The maximum atomic E-state index is 13.8. The molecule has 158 valence electrons. The van der Waals surface area contributed by atoms with Gasteiger partial charge in [-0.2, -0.15) is 0 Å². The number of H-pyrrole nitrogens is 1. The van der Waals surface area contributed by atoms with Crippen LogP contribution in [0.2, 0.25) is 5.02 Å². The first-order valence-electron chi connectivity index (χ1n) is 9.84. The Morgan fingerprint density at radius 1 is 1.16 bits per heavy atom. The lowest BCUT2D eigenvalue weighted by Gasteiger charge is -2.41. The molecule has 8 heteroatoms. The molecule has 3 heterocycles. The van der Waals surface area contributed by atoms with Crippen LogP contribution in [0.5, 0.6) is 5.75 Å². The molecule has 0 amide bonds. The summed E-state index contributed by atoms with van der Waals surface area (Å²) in [5.74, 6) is -0.517. The first-order valence-corrected chi connectivity index (χ1v) is 10.2. The molecule has 0 aliphatic carbocycles. The van der Waals surface area contributed by atoms with Gasteiger partial charge in [-0.25, -0.2) is 13.8 Å². The van der Waals surface area contributed by atoms with Crippen LogP contribution in [-0.2, 0) is 0 Å². The predicted molar refractivity (Wildman–Crippen MR) is 119 cm³/mol. The number of nitrogens with one attached hydrogen (secondary N) is 2. The highest BCUT2D eigenvalue weighted by molar-refractivity contribution is 6.35. The Bertz CT molecular complexity index is 1270. The summed E-state index contributed by atoms with van der Waals surface area (Å²) < 4.78 is 32.5. The molecule has 2 N–H and O–H groups in total. The molecule has 5 nitrogen and oxygen atoms in total. The van der Waals surface area contributed by atoms with Gasteiger partial charge in [0.25, 0.3) is 0 Å². The van der Waals surface area contributed by atoms with Crippen LogP contribution >= 0.6 is 11.6 Å². The van der Waals surface area contributed by atoms with Gasteiger partial charge in [-0.3, -0.25) is 0 Å². The highest BCUT2D eigenvalue weighted by Gasteiger charge is 2.31. The third kappa shape index (κ3) is 3.77. The second kappa shape index (κ2) is 7.74. The molecule has 2 aromatic carbocycles. The van der Waals surface area contributed by atoms with E-state index >= 15 is 0 Å². The number of pyridine rings is 1. The average Bonchev–Trinajstić information content (AvgIpc) is 3.17. The molecule has 1 aliphatic rings. The molecule has 2 aromatic heterocycles. The maximum Gasteiger partial charge on any atom is 0.167 e. The van der Waals surface area contributed by atoms with Crippen molar-refractivity contribution in [3.8, 4) is 5.75 Å². The zero-order valence-electron chi connectivity index (χ0n) is 16.6. The van der Waals surface area contributed by atoms with Gasteiger partial charge in [-0.15, -0.1) is 0 Å². The lowest BCUT2D eigenvalue weighted by molar-refractivity contribution is 0.160. The van der Waals surface area contributed by atoms with Crippen molar-refractivity contribution in [2.24, 2.45) is 0 Å². The topological polar surface area (TPSA) is 53.2 Å². The van der Waals surface area contributed by atoms with Crippen molar-refractivity contribution in [1.29, 1.82) is 0 Å². The summed E-state index contributed by atoms with van der Waals surface area (Å²) in [5.41, 5.74) is 3.78. The van der Waals surface area contributed by atoms with Gasteiger partial charge < -0.3 is 19.9 Å². The number of aromatic nitrogens is 2. The Morgan fingerprint density at radius 3 is 2.81 bits per heavy atom. The summed E-state index contributed by atoms with van der Waals surface area (Å²) in [6.07, 6.45) is 3.43. The minimum Gasteiger partial charge on any atom is -0.484 e. The van der Waals surface area contributed by atoms with E-state index < -0.39 is 11.6 Å². The Balaban J connectivity index is 1.30. The van der Waals surface area contributed by atoms with Crippen molar-refractivity contribution in [2.75, 3.05) is 23.3 Å². The third-order valence-corrected chi connectivity index (χ3v) is 5.75. The summed E-state index contributed by atoms with van der Waals surface area (Å²) >= 11 is 6.38. The van der Waals surface area contributed by atoms with E-state index in [-0.39, 0.29) is 11.9 Å². The van der Waals surface area contributed by atoms with E-state index in [4.69, 9.17) is 16.3 Å². The van der Waals surface area contributed by atoms with Crippen molar-refractivity contribution in [3.63, 3.8) is 0 Å². The number of hydrogen-bond donors (Lipinski definition) is 2. The molecule has 0 atom stereocenters. The summed E-state index contributed by atoms with van der Waals surface area (Å²) in [7, 11) is 0. The molecule has 31 heavy (non-hydrogen) atoms. The first-order chi connectivity index (χ1) is 15.0. The molecule has 1 fully saturated rings. The molecule has 0 bridgehead atoms. The fraction of sp³-hybridized carbons (Fsp3) is 0.174. The van der Waals surface area contributed by atoms with Crippen LogP contribution in [0.1, 0.15) is 5.56 Å². The van der Waals surface area contributed by atoms with E-state index in [1.54, 1.807) is 6.20 Å². The number of benzene rings is 2. The van der Waals surface area contributed by atoms with Gasteiger partial charge in [0.15, 0.2) is 11.6 Å². The maximum absolute atomic E-state index is 13.8. The normalized spacial score (nSPS) is 14.0. The molecule has 0 unspecified atom stereocenters. The van der Waals surface area contributed by atoms with Crippen molar-refractivity contribution >= 4 is 39.7 Å². The van der Waals surface area contributed by atoms with E-state index in [1.165, 1.54) is 12.1 Å². The lowest BCUT2D eigenvalue weighted by atomic mass is 10.1. The summed E-state index contributed by atoms with van der Waals surface area (Å²) in [6, 6.07) is 11.1. The van der Waals surface area contributed by atoms with E-state index in [0.29, 0.717) is 18.1 Å². The van der Waals surface area contributed by atoms with Crippen LogP contribution in [0, 0.1) is 18.6 Å². The number of halogens is 3. The van der Waals surface area contributed by atoms with E-state index in [1.807, 2.05) is 37.4 Å². The minimum atomic E-state index is -0.692. The molecule has 1 aliphatic heterocycles. The van der Waals surface area contributed by atoms with Gasteiger partial charge in [-0.05, 0) is 43.3 Å². The van der Waals surface area contributed by atoms with E-state index in [9.17, 15) is 8.78 Å². The van der Waals surface area contributed by atoms with Gasteiger partial charge in [-0.1, -0.05) is 11.6 Å². The number of fused-ring (bicyclic) bond motifs is 1. The monoisotopic (exact) mass is 440 g/mol. The summed E-state index contributed by atoms with van der Waals surface area (Å²) in [4.78, 5) is 9.77. The molecular weight excluding hydrogens is 422 g/mol. The highest BCUT2D eigenvalue weighted by atomic mass is 35.5. The number of aromatic amines is 1. The predicted octanol–water partition coefficient (Wildman–Crippen LogP) is 5.81. The van der Waals surface area contributed by atoms with Crippen LogP contribution < -0.4 is 15.0 Å². The SMILES string of the molecule is Cc1c(N2CC(Oc3ccc(F)cc3F)C2)ccnc1Nc1cc(Cl)c2cc[nH]c2c1. The number of ether oxygens (including phenoxy) is 1. The Labute approximate surface area is 182 Å². The van der Waals surface area contributed by atoms with Crippen LogP contribution in [0.3, 0.4) is 0 Å². The third-order valence-electron chi connectivity index (χ3n) is 5.43. The first kappa shape index (κ1) is 19.6. The van der Waals surface area contributed by atoms with E-state index in [0.717, 1.165) is 39.7 Å². The van der Waals surface area contributed by atoms with E-state index in [2.05, 4.69) is 20.2 Å². The zero-order chi connectivity index (χ0) is 21.5. The number of anilines is 3. The zero-order valence-corrected chi connectivity index (χ0v) is 17.4. The standard InChI is InChI=1S/C23H19ClF2N4O/c1-13-21(30-11-16(12-30)31-22-3-2-14(25)8-19(22)26)5-7-28-23(13)29-15-9-18(24)17-4-6-27-20(17)10-15/h2-10,16,27H,11-12H2,1H3,(H,28,29). The number of nitrogens with zero attached hydrogens (tertiary/aromatic N) is 2. The molecule has 4 aromatic rings. The molecule has 0 saturated carbocycles. The second-order valence-corrected chi connectivity index (χ2v) is 7.95. The average molecular weight is 441 g/mol. The minimum absolute atomic E-state index is 0.0662. The fourth-order valence-electron chi connectivity index (χ4n) is 3.78. The van der Waals surface area contributed by atoms with Crippen LogP contribution in [-0.4, -0.2) is 29.2 Å². The Kier molecular flexibility index (Phi) is 4.90. The molecular formula is C23H19ClF2N4O. The molecule has 5 rings (SSSR count). The quantitative estimate of drug-likeness (QED) is 0.411. The number of rotatable bonds is 5. The van der Waals surface area contributed by atoms with Gasteiger partial charge >= 0.3 is 0 Å². The highest BCUT2D eigenvalue weighted by Crippen LogP contribution is 2.33. The van der Waals surface area contributed by atoms with Crippen molar-refractivity contribution in [3.05, 3.63) is 77.1 Å². The van der Waals surface area contributed by atoms with Crippen LogP contribution in [0.15, 0.2) is 54.9 Å². The van der Waals surface area contributed by atoms with Crippen LogP contribution in [0.4, 0.5) is 26.0 Å². The van der Waals surface area contributed by atoms with Gasteiger partial charge in [0.05, 0.1) is 18.1 Å². The van der Waals surface area contributed by atoms with Crippen molar-refractivity contribution < 1.29 is 13.5 Å². The van der Waals surface area contributed by atoms with Crippen molar-refractivity contribution in [2.45, 2.75) is 13.0 Å². The Morgan fingerprint density at radius 2 is 2.00 bits per heavy atom. The number of hydrogen-bond acceptors (Lipinski definition) is 4.